The van der Waals surface area contributed by atoms with Gasteiger partial charge in [-0.1, -0.05) is 57.2 Å². The van der Waals surface area contributed by atoms with Crippen molar-refractivity contribution in [3.8, 4) is 22.8 Å². The number of benzene rings is 2. The highest BCUT2D eigenvalue weighted by atomic mass is 32.2. The summed E-state index contributed by atoms with van der Waals surface area (Å²) in [7, 11) is -2.29. The van der Waals surface area contributed by atoms with Crippen molar-refractivity contribution in [1.29, 1.82) is 0 Å². The number of nitrogens with zero attached hydrogens (tertiary/aromatic N) is 2. The lowest BCUT2D eigenvalue weighted by atomic mass is 9.85. The fraction of sp³-hybridized carbons (Fsp3) is 0.500. The number of rotatable bonds is 8. The van der Waals surface area contributed by atoms with Gasteiger partial charge < -0.3 is 29.7 Å². The monoisotopic (exact) mass is 801 g/mol. The Morgan fingerprint density at radius 1 is 1.09 bits per heavy atom. The van der Waals surface area contributed by atoms with Crippen LogP contribution in [0.4, 0.5) is 4.79 Å². The van der Waals surface area contributed by atoms with Crippen LogP contribution in [0, 0.1) is 11.3 Å². The normalized spacial score (nSPS) is 25.6. The minimum Gasteiger partial charge on any atom is -0.496 e. The molecule has 3 aromatic rings. The molecule has 3 heterocycles. The number of alkyl carbamates (subject to hydrolysis) is 1. The maximum absolute atomic E-state index is 14.7. The zero-order valence-corrected chi connectivity index (χ0v) is 33.7. The second-order valence-corrected chi connectivity index (χ2v) is 18.6. The molecule has 57 heavy (non-hydrogen) atoms. The predicted octanol–water partition coefficient (Wildman–Crippen LogP) is 4.80. The average molecular weight is 802 g/mol. The number of aromatic nitrogens is 1. The zero-order valence-electron chi connectivity index (χ0n) is 32.8. The van der Waals surface area contributed by atoms with Gasteiger partial charge in [0.15, 0.2) is 0 Å². The van der Waals surface area contributed by atoms with Gasteiger partial charge in [-0.05, 0) is 62.0 Å². The first-order valence-corrected chi connectivity index (χ1v) is 21.2. The number of sulfonamides is 1. The number of pyridine rings is 1. The van der Waals surface area contributed by atoms with Crippen molar-refractivity contribution in [2.24, 2.45) is 11.3 Å². The van der Waals surface area contributed by atoms with Crippen molar-refractivity contribution in [3.63, 3.8) is 0 Å². The highest BCUT2D eigenvalue weighted by molar-refractivity contribution is 7.91. The smallest absolute Gasteiger partial charge is 0.407 e. The average Bonchev–Trinajstić information content (AvgIpc) is 4.11. The Morgan fingerprint density at radius 3 is 2.51 bits per heavy atom. The summed E-state index contributed by atoms with van der Waals surface area (Å²) in [6.07, 6.45) is 4.00. The minimum absolute atomic E-state index is 0.0310. The third-order valence-electron chi connectivity index (χ3n) is 11.3. The van der Waals surface area contributed by atoms with E-state index in [9.17, 15) is 27.6 Å². The molecule has 0 unspecified atom stereocenters. The molecular formula is C42H51N5O9S. The molecule has 2 saturated carbocycles. The van der Waals surface area contributed by atoms with Gasteiger partial charge in [0.25, 0.3) is 5.91 Å². The predicted molar refractivity (Wildman–Crippen MR) is 213 cm³/mol. The standard InChI is InChI=1S/C42H51N5O9S/c1-6-27-23-42(27,39(50)46-57(52,53)29-16-17-29)45-37(48)33-20-28-24-47(33)38(49)36(41(2,3)4)44-40(51)55-18-12-8-11-15-26-19-30-32(22-34(26)54-5)43-31(21-35(30)56-28)25-13-9-7-10-14-25/h6-7,9-10,13-14,19,21-22,27-29,33,36H,1,8,11-12,15-18,20,23-24H2,2-5H3,(H,44,51)(H,45,48)(H,46,50)/t27-,28-,33-,36+,42+/m0/s1. The molecule has 7 rings (SSSR count). The topological polar surface area (TPSA) is 182 Å². The van der Waals surface area contributed by atoms with Crippen LogP contribution in [-0.2, 0) is 35.6 Å². The van der Waals surface area contributed by atoms with Crippen molar-refractivity contribution < 1.29 is 41.8 Å². The number of nitrogens with one attached hydrogen (secondary N) is 3. The first-order valence-electron chi connectivity index (χ1n) is 19.6. The molecule has 304 valence electrons. The van der Waals surface area contributed by atoms with E-state index >= 15 is 0 Å². The Hall–Kier alpha value is -5.18. The fourth-order valence-corrected chi connectivity index (χ4v) is 9.18. The van der Waals surface area contributed by atoms with E-state index in [4.69, 9.17) is 19.2 Å². The molecular weight excluding hydrogens is 751 g/mol. The summed E-state index contributed by atoms with van der Waals surface area (Å²) in [4.78, 5) is 62.3. The summed E-state index contributed by atoms with van der Waals surface area (Å²) >= 11 is 0. The van der Waals surface area contributed by atoms with Crippen molar-refractivity contribution in [3.05, 3.63) is 66.7 Å². The highest BCUT2D eigenvalue weighted by Crippen LogP contribution is 2.46. The summed E-state index contributed by atoms with van der Waals surface area (Å²) in [6.45, 7) is 9.33. The molecule has 2 aromatic carbocycles. The number of ether oxygens (including phenoxy) is 3. The fourth-order valence-electron chi connectivity index (χ4n) is 7.81. The number of aryl methyl sites for hydroxylation is 1. The Morgan fingerprint density at radius 2 is 1.84 bits per heavy atom. The van der Waals surface area contributed by atoms with Crippen LogP contribution in [-0.4, -0.2) is 91.4 Å². The van der Waals surface area contributed by atoms with Gasteiger partial charge in [-0.25, -0.2) is 18.2 Å². The van der Waals surface area contributed by atoms with Crippen LogP contribution in [0.15, 0.2) is 61.2 Å². The van der Waals surface area contributed by atoms with Crippen molar-refractivity contribution in [1.82, 2.24) is 25.2 Å². The Kier molecular flexibility index (Phi) is 11.0. The SMILES string of the molecule is C=C[C@H]1C[C@]1(NC(=O)[C@@H]1C[C@H]2CN1C(=O)[C@H](C(C)(C)C)NC(=O)OCCCCCc1cc3c(cc(-c4ccccc4)nc3cc1OC)O2)C(=O)NS(=O)(=O)C1CC1. The Balaban J connectivity index is 1.28. The number of methoxy groups -OCH3 is 1. The molecule has 1 saturated heterocycles. The van der Waals surface area contributed by atoms with Crippen molar-refractivity contribution >= 4 is 44.7 Å². The van der Waals surface area contributed by atoms with Crippen LogP contribution < -0.4 is 24.8 Å². The molecule has 3 N–H and O–H groups in total. The first-order chi connectivity index (χ1) is 27.1. The van der Waals surface area contributed by atoms with E-state index in [1.54, 1.807) is 27.9 Å². The molecule has 4 aliphatic rings. The van der Waals surface area contributed by atoms with Gasteiger partial charge in [0.1, 0.15) is 35.2 Å². The van der Waals surface area contributed by atoms with Gasteiger partial charge in [0, 0.05) is 35.4 Å². The van der Waals surface area contributed by atoms with E-state index in [1.807, 2.05) is 48.5 Å². The Bertz CT molecular complexity index is 2190. The van der Waals surface area contributed by atoms with Gasteiger partial charge in [-0.15, -0.1) is 6.58 Å². The molecule has 0 radical (unpaired) electrons. The molecule has 0 spiro atoms. The molecule has 2 aliphatic carbocycles. The molecule has 4 bridgehead atoms. The maximum atomic E-state index is 14.7. The number of amides is 4. The van der Waals surface area contributed by atoms with Crippen LogP contribution in [0.2, 0.25) is 0 Å². The maximum Gasteiger partial charge on any atom is 0.407 e. The van der Waals surface area contributed by atoms with Crippen molar-refractivity contribution in [2.75, 3.05) is 20.3 Å². The van der Waals surface area contributed by atoms with Gasteiger partial charge >= 0.3 is 6.09 Å². The summed E-state index contributed by atoms with van der Waals surface area (Å²) in [5, 5.41) is 5.68. The zero-order chi connectivity index (χ0) is 40.7. The largest absolute Gasteiger partial charge is 0.496 e. The number of carbonyl (C=O) groups is 4. The quantitative estimate of drug-likeness (QED) is 0.268. The number of carbonyl (C=O) groups excluding carboxylic acids is 4. The molecule has 5 atom stereocenters. The third kappa shape index (κ3) is 8.44. The minimum atomic E-state index is -3.91. The van der Waals surface area contributed by atoms with E-state index < -0.39 is 74.1 Å². The number of fused-ring (bicyclic) bond motifs is 3. The van der Waals surface area contributed by atoms with Gasteiger partial charge in [0.05, 0.1) is 36.7 Å². The first kappa shape index (κ1) is 40.0. The number of hydrogen-bond acceptors (Lipinski definition) is 10. The van der Waals surface area contributed by atoms with E-state index in [0.29, 0.717) is 48.4 Å². The van der Waals surface area contributed by atoms with Gasteiger partial charge in [-0.2, -0.15) is 0 Å². The van der Waals surface area contributed by atoms with Crippen molar-refractivity contribution in [2.45, 2.75) is 101 Å². The van der Waals surface area contributed by atoms with Crippen LogP contribution in [0.5, 0.6) is 11.5 Å². The van der Waals surface area contributed by atoms with Crippen LogP contribution in [0.25, 0.3) is 22.2 Å². The van der Waals surface area contributed by atoms with Crippen LogP contribution in [0.3, 0.4) is 0 Å². The lowest BCUT2D eigenvalue weighted by molar-refractivity contribution is -0.142. The second kappa shape index (κ2) is 15.6. The summed E-state index contributed by atoms with van der Waals surface area (Å²) in [6, 6.07) is 13.2. The lowest BCUT2D eigenvalue weighted by Gasteiger charge is -2.35. The van der Waals surface area contributed by atoms with E-state index in [2.05, 4.69) is 21.9 Å². The molecule has 3 fully saturated rings. The van der Waals surface area contributed by atoms with Gasteiger partial charge in [-0.3, -0.25) is 19.1 Å². The van der Waals surface area contributed by atoms with Crippen LogP contribution >= 0.6 is 0 Å². The molecule has 4 amide bonds. The van der Waals surface area contributed by atoms with E-state index in [1.165, 1.54) is 11.0 Å². The summed E-state index contributed by atoms with van der Waals surface area (Å²) in [5.41, 5.74) is 0.745. The van der Waals surface area contributed by atoms with E-state index in [-0.39, 0.29) is 26.0 Å². The summed E-state index contributed by atoms with van der Waals surface area (Å²) < 4.78 is 45.9. The van der Waals surface area contributed by atoms with Crippen LogP contribution in [0.1, 0.15) is 71.3 Å². The lowest BCUT2D eigenvalue weighted by Crippen LogP contribution is -2.60. The van der Waals surface area contributed by atoms with E-state index in [0.717, 1.165) is 29.4 Å². The molecule has 1 aromatic heterocycles. The summed E-state index contributed by atoms with van der Waals surface area (Å²) in [5.74, 6) is -1.37. The number of hydrogen-bond donors (Lipinski definition) is 3. The highest BCUT2D eigenvalue weighted by Gasteiger charge is 2.62. The Labute approximate surface area is 333 Å². The van der Waals surface area contributed by atoms with Gasteiger partial charge in [0.2, 0.25) is 21.8 Å². The third-order valence-corrected chi connectivity index (χ3v) is 13.2. The second-order valence-electron chi connectivity index (χ2n) is 16.6. The molecule has 15 heteroatoms. The number of cyclic esters (lactones) is 1. The molecule has 2 aliphatic heterocycles. The molecule has 14 nitrogen and oxygen atoms in total.